The molecule has 1 unspecified atom stereocenters. The highest BCUT2D eigenvalue weighted by atomic mass is 35.5. The summed E-state index contributed by atoms with van der Waals surface area (Å²) in [5.74, 6) is 0.242. The molecule has 2 aliphatic rings. The van der Waals surface area contributed by atoms with Gasteiger partial charge in [0, 0.05) is 44.1 Å². The van der Waals surface area contributed by atoms with Crippen molar-refractivity contribution in [3.05, 3.63) is 59.7 Å². The fourth-order valence-corrected chi connectivity index (χ4v) is 5.12. The highest BCUT2D eigenvalue weighted by molar-refractivity contribution is 6.32. The largest absolute Gasteiger partial charge is 0.379 e. The van der Waals surface area contributed by atoms with Gasteiger partial charge in [0.2, 0.25) is 5.91 Å². The predicted molar refractivity (Wildman–Crippen MR) is 150 cm³/mol. The maximum absolute atomic E-state index is 13.3. The average Bonchev–Trinajstić information content (AvgIpc) is 2.92. The summed E-state index contributed by atoms with van der Waals surface area (Å²) in [5, 5.41) is 5.27. The van der Waals surface area contributed by atoms with Crippen LogP contribution in [0.3, 0.4) is 0 Å². The first kappa shape index (κ1) is 27.4. The summed E-state index contributed by atoms with van der Waals surface area (Å²) in [6.45, 7) is 8.41. The number of hydrogen-bond donors (Lipinski definition) is 2. The number of nitrogens with zero attached hydrogens (tertiary/aromatic N) is 2. The van der Waals surface area contributed by atoms with E-state index in [2.05, 4.69) is 50.8 Å². The van der Waals surface area contributed by atoms with E-state index in [1.54, 1.807) is 13.0 Å². The number of alkyl halides is 1. The Morgan fingerprint density at radius 2 is 1.78 bits per heavy atom. The van der Waals surface area contributed by atoms with Crippen molar-refractivity contribution < 1.29 is 14.3 Å². The normalized spacial score (nSPS) is 17.8. The van der Waals surface area contributed by atoms with Crippen LogP contribution in [0.4, 0.5) is 11.4 Å². The van der Waals surface area contributed by atoms with Crippen molar-refractivity contribution in [3.63, 3.8) is 0 Å². The Morgan fingerprint density at radius 3 is 2.49 bits per heavy atom. The number of morpholine rings is 1. The number of amides is 2. The molecule has 37 heavy (non-hydrogen) atoms. The van der Waals surface area contributed by atoms with Gasteiger partial charge in [0.1, 0.15) is 5.38 Å². The highest BCUT2D eigenvalue weighted by Gasteiger charge is 2.24. The predicted octanol–water partition coefficient (Wildman–Crippen LogP) is 4.16. The summed E-state index contributed by atoms with van der Waals surface area (Å²) < 4.78 is 5.41. The fraction of sp³-hybridized carbons (Fsp3) is 0.517. The molecule has 2 saturated heterocycles. The van der Waals surface area contributed by atoms with Crippen molar-refractivity contribution in [2.75, 3.05) is 62.7 Å². The molecule has 200 valence electrons. The number of benzene rings is 2. The van der Waals surface area contributed by atoms with E-state index in [4.69, 9.17) is 16.3 Å². The Balaban J connectivity index is 1.39. The number of hydrogen-bond acceptors (Lipinski definition) is 5. The molecule has 2 N–H and O–H groups in total. The Morgan fingerprint density at radius 1 is 1.05 bits per heavy atom. The molecule has 8 heteroatoms. The minimum atomic E-state index is -0.652. The van der Waals surface area contributed by atoms with Crippen LogP contribution >= 0.6 is 11.6 Å². The second-order valence-electron chi connectivity index (χ2n) is 10.0. The molecule has 2 aromatic rings. The zero-order valence-electron chi connectivity index (χ0n) is 21.8. The molecule has 2 amide bonds. The van der Waals surface area contributed by atoms with Crippen molar-refractivity contribution >= 4 is 34.8 Å². The van der Waals surface area contributed by atoms with Crippen molar-refractivity contribution in [3.8, 4) is 0 Å². The van der Waals surface area contributed by atoms with E-state index in [1.165, 1.54) is 5.56 Å². The number of carbonyl (C=O) groups is 2. The number of carbonyl (C=O) groups excluding carboxylic acids is 2. The summed E-state index contributed by atoms with van der Waals surface area (Å²) >= 11 is 5.94. The third-order valence-corrected chi connectivity index (χ3v) is 7.43. The SMILES string of the molecule is CC(Cl)C(=O)Nc1ccc(N2CCC(Cc3ccccc3)CC2)c(C(=O)NCCCN2CCOCC2)c1. The average molecular weight is 527 g/mol. The molecule has 2 aromatic carbocycles. The summed E-state index contributed by atoms with van der Waals surface area (Å²) in [6.07, 6.45) is 4.13. The standard InChI is InChI=1S/C29H39ClN4O3/c1-22(30)28(35)32-25-8-9-27(34-14-10-24(11-15-34)20-23-6-3-2-4-7-23)26(21-25)29(36)31-12-5-13-33-16-18-37-19-17-33/h2-4,6-9,21-22,24H,5,10-20H2,1H3,(H,31,36)(H,32,35). The minimum Gasteiger partial charge on any atom is -0.379 e. The molecule has 2 heterocycles. The lowest BCUT2D eigenvalue weighted by Crippen LogP contribution is -2.38. The maximum atomic E-state index is 13.3. The molecular formula is C29H39ClN4O3. The summed E-state index contributed by atoms with van der Waals surface area (Å²) in [7, 11) is 0. The van der Waals surface area contributed by atoms with Gasteiger partial charge in [-0.25, -0.2) is 0 Å². The fourth-order valence-electron chi connectivity index (χ4n) is 5.06. The Bertz CT molecular complexity index is 1020. The molecule has 2 aliphatic heterocycles. The molecular weight excluding hydrogens is 488 g/mol. The van der Waals surface area contributed by atoms with E-state index >= 15 is 0 Å². The van der Waals surface area contributed by atoms with E-state index < -0.39 is 5.38 Å². The van der Waals surface area contributed by atoms with Crippen molar-refractivity contribution in [1.29, 1.82) is 0 Å². The molecule has 1 atom stereocenters. The highest BCUT2D eigenvalue weighted by Crippen LogP contribution is 2.30. The molecule has 0 aromatic heterocycles. The zero-order valence-corrected chi connectivity index (χ0v) is 22.5. The molecule has 0 saturated carbocycles. The van der Waals surface area contributed by atoms with Gasteiger partial charge in [-0.1, -0.05) is 30.3 Å². The second-order valence-corrected chi connectivity index (χ2v) is 10.7. The van der Waals surface area contributed by atoms with Crippen LogP contribution in [0.2, 0.25) is 0 Å². The zero-order chi connectivity index (χ0) is 26.0. The van der Waals surface area contributed by atoms with Crippen LogP contribution in [0.1, 0.15) is 42.1 Å². The Hall–Kier alpha value is -2.61. The number of halogens is 1. The molecule has 0 radical (unpaired) electrons. The molecule has 4 rings (SSSR count). The van der Waals surface area contributed by atoms with Crippen molar-refractivity contribution in [2.45, 2.75) is 38.0 Å². The first-order valence-electron chi connectivity index (χ1n) is 13.5. The van der Waals surface area contributed by atoms with Gasteiger partial charge in [0.15, 0.2) is 0 Å². The van der Waals surface area contributed by atoms with Gasteiger partial charge < -0.3 is 20.3 Å². The van der Waals surface area contributed by atoms with Gasteiger partial charge in [-0.05, 0) is 68.8 Å². The topological polar surface area (TPSA) is 73.9 Å². The van der Waals surface area contributed by atoms with E-state index in [-0.39, 0.29) is 11.8 Å². The molecule has 0 aliphatic carbocycles. The summed E-state index contributed by atoms with van der Waals surface area (Å²) in [4.78, 5) is 30.2. The lowest BCUT2D eigenvalue weighted by Gasteiger charge is -2.35. The van der Waals surface area contributed by atoms with Crippen LogP contribution in [0, 0.1) is 5.92 Å². The van der Waals surface area contributed by atoms with Gasteiger partial charge >= 0.3 is 0 Å². The Labute approximate surface area is 225 Å². The minimum absolute atomic E-state index is 0.113. The van der Waals surface area contributed by atoms with Crippen LogP contribution in [0.25, 0.3) is 0 Å². The van der Waals surface area contributed by atoms with Crippen LogP contribution in [-0.4, -0.2) is 74.6 Å². The quantitative estimate of drug-likeness (QED) is 0.359. The van der Waals surface area contributed by atoms with Crippen LogP contribution < -0.4 is 15.5 Å². The van der Waals surface area contributed by atoms with Crippen molar-refractivity contribution in [1.82, 2.24) is 10.2 Å². The monoisotopic (exact) mass is 526 g/mol. The van der Waals surface area contributed by atoms with Gasteiger partial charge in [0.25, 0.3) is 5.91 Å². The van der Waals surface area contributed by atoms with Crippen molar-refractivity contribution in [2.24, 2.45) is 5.92 Å². The van der Waals surface area contributed by atoms with Gasteiger partial charge in [-0.2, -0.15) is 0 Å². The molecule has 0 bridgehead atoms. The summed E-state index contributed by atoms with van der Waals surface area (Å²) in [5.41, 5.74) is 3.47. The first-order valence-corrected chi connectivity index (χ1v) is 13.9. The number of anilines is 2. The second kappa shape index (κ2) is 13.8. The number of rotatable bonds is 10. The van der Waals surface area contributed by atoms with E-state index in [1.807, 2.05) is 12.1 Å². The van der Waals surface area contributed by atoms with Crippen LogP contribution in [0.15, 0.2) is 48.5 Å². The lowest BCUT2D eigenvalue weighted by atomic mass is 9.89. The van der Waals surface area contributed by atoms with E-state index in [0.29, 0.717) is 23.7 Å². The first-order chi connectivity index (χ1) is 18.0. The van der Waals surface area contributed by atoms with Gasteiger partial charge in [0.05, 0.1) is 18.8 Å². The van der Waals surface area contributed by atoms with E-state index in [9.17, 15) is 9.59 Å². The maximum Gasteiger partial charge on any atom is 0.253 e. The number of nitrogens with one attached hydrogen (secondary N) is 2. The Kier molecular flexibility index (Phi) is 10.2. The lowest BCUT2D eigenvalue weighted by molar-refractivity contribution is -0.115. The third kappa shape index (κ3) is 8.19. The van der Waals surface area contributed by atoms with Crippen LogP contribution in [0.5, 0.6) is 0 Å². The van der Waals surface area contributed by atoms with Gasteiger partial charge in [-0.3, -0.25) is 14.5 Å². The van der Waals surface area contributed by atoms with Gasteiger partial charge in [-0.15, -0.1) is 11.6 Å². The molecule has 7 nitrogen and oxygen atoms in total. The summed E-state index contributed by atoms with van der Waals surface area (Å²) in [6, 6.07) is 16.2. The molecule has 2 fully saturated rings. The number of piperidine rings is 1. The number of ether oxygens (including phenoxy) is 1. The van der Waals surface area contributed by atoms with Crippen LogP contribution in [-0.2, 0) is 16.0 Å². The van der Waals surface area contributed by atoms with E-state index in [0.717, 1.165) is 77.3 Å². The smallest absolute Gasteiger partial charge is 0.253 e. The third-order valence-electron chi connectivity index (χ3n) is 7.23. The molecule has 0 spiro atoms.